The third kappa shape index (κ3) is 1.52. The van der Waals surface area contributed by atoms with Gasteiger partial charge in [-0.1, -0.05) is 6.07 Å². The smallest absolute Gasteiger partial charge is 0.346 e. The molecule has 0 spiro atoms. The summed E-state index contributed by atoms with van der Waals surface area (Å²) >= 11 is 1.22. The zero-order valence-electron chi connectivity index (χ0n) is 8.70. The van der Waals surface area contributed by atoms with Gasteiger partial charge < -0.3 is 5.11 Å². The first kappa shape index (κ1) is 10.0. The van der Waals surface area contributed by atoms with Crippen molar-refractivity contribution in [3.8, 4) is 11.3 Å². The SMILES string of the molecule is O=C(O)c1sccc1-c1cnc2ccccn12. The van der Waals surface area contributed by atoms with E-state index in [4.69, 9.17) is 5.11 Å². The molecule has 0 aromatic carbocycles. The van der Waals surface area contributed by atoms with Gasteiger partial charge in [-0.15, -0.1) is 11.3 Å². The van der Waals surface area contributed by atoms with Crippen LogP contribution in [0.4, 0.5) is 0 Å². The third-order valence-electron chi connectivity index (χ3n) is 2.55. The Bertz CT molecular complexity index is 699. The molecule has 0 unspecified atom stereocenters. The Morgan fingerprint density at radius 1 is 1.35 bits per heavy atom. The fraction of sp³-hybridized carbons (Fsp3) is 0. The maximum absolute atomic E-state index is 11.1. The summed E-state index contributed by atoms with van der Waals surface area (Å²) in [5, 5.41) is 10.9. The number of hydrogen-bond donors (Lipinski definition) is 1. The van der Waals surface area contributed by atoms with Gasteiger partial charge in [0.25, 0.3) is 0 Å². The van der Waals surface area contributed by atoms with E-state index in [2.05, 4.69) is 4.98 Å². The van der Waals surface area contributed by atoms with Gasteiger partial charge in [-0.05, 0) is 23.6 Å². The highest BCUT2D eigenvalue weighted by molar-refractivity contribution is 7.12. The van der Waals surface area contributed by atoms with Crippen LogP contribution in [0.5, 0.6) is 0 Å². The van der Waals surface area contributed by atoms with E-state index in [-0.39, 0.29) is 0 Å². The van der Waals surface area contributed by atoms with Gasteiger partial charge in [0.15, 0.2) is 0 Å². The van der Waals surface area contributed by atoms with E-state index in [1.54, 1.807) is 11.6 Å². The summed E-state index contributed by atoms with van der Waals surface area (Å²) in [4.78, 5) is 15.7. The number of aromatic nitrogens is 2. The van der Waals surface area contributed by atoms with E-state index in [0.717, 1.165) is 11.3 Å². The van der Waals surface area contributed by atoms with Gasteiger partial charge in [0, 0.05) is 11.8 Å². The highest BCUT2D eigenvalue weighted by Gasteiger charge is 2.16. The number of hydrogen-bond acceptors (Lipinski definition) is 3. The molecule has 3 aromatic rings. The van der Waals surface area contributed by atoms with Crippen LogP contribution in [-0.4, -0.2) is 20.5 Å². The molecule has 3 aromatic heterocycles. The van der Waals surface area contributed by atoms with Gasteiger partial charge in [0.05, 0.1) is 11.9 Å². The molecule has 0 aliphatic heterocycles. The summed E-state index contributed by atoms with van der Waals surface area (Å²) in [6, 6.07) is 7.49. The summed E-state index contributed by atoms with van der Waals surface area (Å²) in [5.41, 5.74) is 2.32. The number of carboxylic acid groups (broad SMARTS) is 1. The van der Waals surface area contributed by atoms with Crippen molar-refractivity contribution in [1.82, 2.24) is 9.38 Å². The molecule has 3 heterocycles. The topological polar surface area (TPSA) is 54.6 Å². The number of fused-ring (bicyclic) bond motifs is 1. The molecule has 0 saturated heterocycles. The molecule has 0 saturated carbocycles. The predicted molar refractivity (Wildman–Crippen MR) is 65.5 cm³/mol. The standard InChI is InChI=1S/C12H8N2O2S/c15-12(16)11-8(4-6-17-11)9-7-13-10-3-1-2-5-14(9)10/h1-7H,(H,15,16). The van der Waals surface area contributed by atoms with E-state index in [0.29, 0.717) is 10.4 Å². The Balaban J connectivity index is 2.28. The number of aromatic carboxylic acids is 1. The molecule has 5 heteroatoms. The van der Waals surface area contributed by atoms with Crippen LogP contribution >= 0.6 is 11.3 Å². The molecule has 17 heavy (non-hydrogen) atoms. The fourth-order valence-corrected chi connectivity index (χ4v) is 2.55. The lowest BCUT2D eigenvalue weighted by atomic mass is 10.2. The number of pyridine rings is 1. The molecular formula is C12H8N2O2S. The van der Waals surface area contributed by atoms with Crippen molar-refractivity contribution in [3.05, 3.63) is 46.9 Å². The van der Waals surface area contributed by atoms with E-state index in [1.807, 2.05) is 34.9 Å². The van der Waals surface area contributed by atoms with Gasteiger partial charge in [0.2, 0.25) is 0 Å². The van der Waals surface area contributed by atoms with Crippen molar-refractivity contribution in [2.45, 2.75) is 0 Å². The van der Waals surface area contributed by atoms with Crippen LogP contribution in [0.15, 0.2) is 42.0 Å². The second-order valence-corrected chi connectivity index (χ2v) is 4.46. The van der Waals surface area contributed by atoms with Crippen molar-refractivity contribution < 1.29 is 9.90 Å². The van der Waals surface area contributed by atoms with Crippen molar-refractivity contribution in [3.63, 3.8) is 0 Å². The zero-order valence-corrected chi connectivity index (χ0v) is 9.52. The maximum atomic E-state index is 11.1. The summed E-state index contributed by atoms with van der Waals surface area (Å²) in [6.45, 7) is 0. The van der Waals surface area contributed by atoms with Crippen LogP contribution < -0.4 is 0 Å². The van der Waals surface area contributed by atoms with Gasteiger partial charge in [-0.3, -0.25) is 4.40 Å². The largest absolute Gasteiger partial charge is 0.477 e. The minimum Gasteiger partial charge on any atom is -0.477 e. The number of rotatable bonds is 2. The fourth-order valence-electron chi connectivity index (χ4n) is 1.81. The second-order valence-electron chi connectivity index (χ2n) is 3.54. The first-order chi connectivity index (χ1) is 8.27. The van der Waals surface area contributed by atoms with Crippen LogP contribution in [0.1, 0.15) is 9.67 Å². The average Bonchev–Trinajstić information content (AvgIpc) is 2.94. The van der Waals surface area contributed by atoms with Crippen molar-refractivity contribution in [2.75, 3.05) is 0 Å². The maximum Gasteiger partial charge on any atom is 0.346 e. The lowest BCUT2D eigenvalue weighted by Crippen LogP contribution is -1.96. The molecule has 0 bridgehead atoms. The Morgan fingerprint density at radius 2 is 2.24 bits per heavy atom. The first-order valence-corrected chi connectivity index (χ1v) is 5.88. The first-order valence-electron chi connectivity index (χ1n) is 5.00. The Labute approximate surface area is 101 Å². The molecule has 1 N–H and O–H groups in total. The quantitative estimate of drug-likeness (QED) is 0.754. The van der Waals surface area contributed by atoms with E-state index in [1.165, 1.54) is 11.3 Å². The van der Waals surface area contributed by atoms with E-state index < -0.39 is 5.97 Å². The predicted octanol–water partition coefficient (Wildman–Crippen LogP) is 2.76. The van der Waals surface area contributed by atoms with Crippen LogP contribution in [-0.2, 0) is 0 Å². The highest BCUT2D eigenvalue weighted by Crippen LogP contribution is 2.28. The number of carbonyl (C=O) groups is 1. The van der Waals surface area contributed by atoms with Crippen LogP contribution in [0.2, 0.25) is 0 Å². The minimum absolute atomic E-state index is 0.343. The van der Waals surface area contributed by atoms with E-state index in [9.17, 15) is 4.79 Å². The second kappa shape index (κ2) is 3.71. The van der Waals surface area contributed by atoms with Crippen molar-refractivity contribution >= 4 is 23.0 Å². The summed E-state index contributed by atoms with van der Waals surface area (Å²) < 4.78 is 1.88. The molecule has 0 radical (unpaired) electrons. The van der Waals surface area contributed by atoms with Gasteiger partial charge >= 0.3 is 5.97 Å². The molecular weight excluding hydrogens is 236 g/mol. The number of nitrogens with zero attached hydrogens (tertiary/aromatic N) is 2. The van der Waals surface area contributed by atoms with Gasteiger partial charge in [0.1, 0.15) is 10.5 Å². The third-order valence-corrected chi connectivity index (χ3v) is 3.45. The molecule has 4 nitrogen and oxygen atoms in total. The lowest BCUT2D eigenvalue weighted by molar-refractivity contribution is 0.0703. The molecule has 0 atom stereocenters. The van der Waals surface area contributed by atoms with Crippen LogP contribution in [0.3, 0.4) is 0 Å². The van der Waals surface area contributed by atoms with Gasteiger partial charge in [-0.25, -0.2) is 9.78 Å². The molecule has 0 aliphatic carbocycles. The molecule has 3 rings (SSSR count). The van der Waals surface area contributed by atoms with Crippen LogP contribution in [0, 0.1) is 0 Å². The Morgan fingerprint density at radius 3 is 3.06 bits per heavy atom. The molecule has 0 aliphatic rings. The molecule has 0 amide bonds. The lowest BCUT2D eigenvalue weighted by Gasteiger charge is -2.00. The summed E-state index contributed by atoms with van der Waals surface area (Å²) in [7, 11) is 0. The van der Waals surface area contributed by atoms with Crippen LogP contribution in [0.25, 0.3) is 16.9 Å². The van der Waals surface area contributed by atoms with E-state index >= 15 is 0 Å². The number of imidazole rings is 1. The Kier molecular flexibility index (Phi) is 2.19. The molecule has 0 fully saturated rings. The monoisotopic (exact) mass is 244 g/mol. The summed E-state index contributed by atoms with van der Waals surface area (Å²) in [6.07, 6.45) is 3.57. The Hall–Kier alpha value is -2.14. The van der Waals surface area contributed by atoms with Crippen molar-refractivity contribution in [2.24, 2.45) is 0 Å². The molecule has 84 valence electrons. The normalized spacial score (nSPS) is 10.8. The van der Waals surface area contributed by atoms with Crippen molar-refractivity contribution in [1.29, 1.82) is 0 Å². The van der Waals surface area contributed by atoms with Gasteiger partial charge in [-0.2, -0.15) is 0 Å². The summed E-state index contributed by atoms with van der Waals surface area (Å²) in [5.74, 6) is -0.902. The average molecular weight is 244 g/mol. The highest BCUT2D eigenvalue weighted by atomic mass is 32.1. The number of thiophene rings is 1. The zero-order chi connectivity index (χ0) is 11.8. The minimum atomic E-state index is -0.902. The number of carboxylic acids is 1.